The lowest BCUT2D eigenvalue weighted by atomic mass is 10.2. The smallest absolute Gasteiger partial charge is 0.220 e. The molecule has 0 radical (unpaired) electrons. The summed E-state index contributed by atoms with van der Waals surface area (Å²) in [6.45, 7) is 3.95. The standard InChI is InChI=1S/C24H29N3O3/c1-18(28)26-16-9-12-21(26)24-25-19-10-3-4-11-20(19)27(24)15-7-8-17-30-23-14-6-5-13-22(23)29-2/h3-6,10-11,13-14,21H,7-9,12,15-17H2,1-2H3. The van der Waals surface area contributed by atoms with Crippen molar-refractivity contribution in [1.29, 1.82) is 0 Å². The maximum Gasteiger partial charge on any atom is 0.220 e. The zero-order chi connectivity index (χ0) is 20.9. The number of likely N-dealkylation sites (tertiary alicyclic amines) is 1. The SMILES string of the molecule is COc1ccccc1OCCCCn1c(C2CCCN2C(C)=O)nc2ccccc21. The van der Waals surface area contributed by atoms with Crippen LogP contribution in [-0.2, 0) is 11.3 Å². The monoisotopic (exact) mass is 407 g/mol. The summed E-state index contributed by atoms with van der Waals surface area (Å²) in [7, 11) is 1.65. The summed E-state index contributed by atoms with van der Waals surface area (Å²) in [4.78, 5) is 19.0. The van der Waals surface area contributed by atoms with Gasteiger partial charge in [-0.1, -0.05) is 24.3 Å². The predicted molar refractivity (Wildman–Crippen MR) is 117 cm³/mol. The highest BCUT2D eigenvalue weighted by Gasteiger charge is 2.31. The van der Waals surface area contributed by atoms with Gasteiger partial charge in [-0.2, -0.15) is 0 Å². The van der Waals surface area contributed by atoms with E-state index in [0.29, 0.717) is 6.61 Å². The Balaban J connectivity index is 1.45. The van der Waals surface area contributed by atoms with Crippen LogP contribution in [0.4, 0.5) is 0 Å². The molecule has 4 rings (SSSR count). The second-order valence-electron chi connectivity index (χ2n) is 7.69. The third-order valence-corrected chi connectivity index (χ3v) is 5.74. The van der Waals surface area contributed by atoms with E-state index in [-0.39, 0.29) is 11.9 Å². The molecule has 0 aliphatic carbocycles. The van der Waals surface area contributed by atoms with Gasteiger partial charge < -0.3 is 18.9 Å². The molecule has 0 spiro atoms. The van der Waals surface area contributed by atoms with Crippen molar-refractivity contribution in [2.75, 3.05) is 20.3 Å². The molecular weight excluding hydrogens is 378 g/mol. The Morgan fingerprint density at radius 1 is 1.10 bits per heavy atom. The Morgan fingerprint density at radius 3 is 2.67 bits per heavy atom. The van der Waals surface area contributed by atoms with E-state index in [1.165, 1.54) is 0 Å². The van der Waals surface area contributed by atoms with Crippen LogP contribution < -0.4 is 9.47 Å². The van der Waals surface area contributed by atoms with Crippen LogP contribution in [0.25, 0.3) is 11.0 Å². The minimum Gasteiger partial charge on any atom is -0.493 e. The third-order valence-electron chi connectivity index (χ3n) is 5.74. The molecule has 1 aromatic heterocycles. The minimum absolute atomic E-state index is 0.0692. The van der Waals surface area contributed by atoms with Crippen molar-refractivity contribution in [2.24, 2.45) is 0 Å². The number of para-hydroxylation sites is 4. The van der Waals surface area contributed by atoms with Gasteiger partial charge in [-0.15, -0.1) is 0 Å². The number of hydrogen-bond acceptors (Lipinski definition) is 4. The van der Waals surface area contributed by atoms with E-state index < -0.39 is 0 Å². The molecule has 0 saturated carbocycles. The highest BCUT2D eigenvalue weighted by Crippen LogP contribution is 2.33. The van der Waals surface area contributed by atoms with Crippen LogP contribution in [0.15, 0.2) is 48.5 Å². The average molecular weight is 408 g/mol. The Hall–Kier alpha value is -3.02. The first-order valence-electron chi connectivity index (χ1n) is 10.7. The lowest BCUT2D eigenvalue weighted by Gasteiger charge is -2.24. The number of fused-ring (bicyclic) bond motifs is 1. The molecule has 0 N–H and O–H groups in total. The molecule has 1 saturated heterocycles. The van der Waals surface area contributed by atoms with Gasteiger partial charge in [0, 0.05) is 20.0 Å². The van der Waals surface area contributed by atoms with E-state index in [1.807, 2.05) is 47.4 Å². The summed E-state index contributed by atoms with van der Waals surface area (Å²) < 4.78 is 13.5. The van der Waals surface area contributed by atoms with Gasteiger partial charge in [-0.3, -0.25) is 4.79 Å². The molecular formula is C24H29N3O3. The van der Waals surface area contributed by atoms with Gasteiger partial charge in [-0.05, 0) is 49.9 Å². The fourth-order valence-corrected chi connectivity index (χ4v) is 4.29. The van der Waals surface area contributed by atoms with Crippen LogP contribution in [-0.4, -0.2) is 40.6 Å². The van der Waals surface area contributed by atoms with E-state index >= 15 is 0 Å². The summed E-state index contributed by atoms with van der Waals surface area (Å²) in [6.07, 6.45) is 3.89. The van der Waals surface area contributed by atoms with Gasteiger partial charge in [0.2, 0.25) is 5.91 Å². The Morgan fingerprint density at radius 2 is 1.87 bits per heavy atom. The molecule has 0 bridgehead atoms. The Labute approximate surface area is 177 Å². The van der Waals surface area contributed by atoms with Crippen molar-refractivity contribution in [3.05, 3.63) is 54.4 Å². The maximum atomic E-state index is 12.1. The number of methoxy groups -OCH3 is 1. The first-order valence-corrected chi connectivity index (χ1v) is 10.7. The van der Waals surface area contributed by atoms with Gasteiger partial charge in [0.05, 0.1) is 30.8 Å². The van der Waals surface area contributed by atoms with Crippen LogP contribution in [0.5, 0.6) is 11.5 Å². The molecule has 2 heterocycles. The summed E-state index contributed by atoms with van der Waals surface area (Å²) in [5.41, 5.74) is 2.13. The molecule has 6 nitrogen and oxygen atoms in total. The number of carbonyl (C=O) groups is 1. The first-order chi connectivity index (χ1) is 14.7. The molecule has 2 aromatic carbocycles. The highest BCUT2D eigenvalue weighted by molar-refractivity contribution is 5.77. The molecule has 6 heteroatoms. The van der Waals surface area contributed by atoms with Crippen LogP contribution in [0.3, 0.4) is 0 Å². The number of unbranched alkanes of at least 4 members (excludes halogenated alkanes) is 1. The quantitative estimate of drug-likeness (QED) is 0.513. The minimum atomic E-state index is 0.0692. The molecule has 1 unspecified atom stereocenters. The Bertz CT molecular complexity index is 1010. The number of benzene rings is 2. The van der Waals surface area contributed by atoms with Crippen LogP contribution >= 0.6 is 0 Å². The second-order valence-corrected chi connectivity index (χ2v) is 7.69. The molecule has 1 aliphatic heterocycles. The fourth-order valence-electron chi connectivity index (χ4n) is 4.29. The van der Waals surface area contributed by atoms with E-state index in [0.717, 1.165) is 67.1 Å². The number of imidazole rings is 1. The van der Waals surface area contributed by atoms with Crippen molar-refractivity contribution in [2.45, 2.75) is 45.2 Å². The van der Waals surface area contributed by atoms with E-state index in [9.17, 15) is 4.79 Å². The summed E-state index contributed by atoms with van der Waals surface area (Å²) in [5, 5.41) is 0. The van der Waals surface area contributed by atoms with E-state index in [2.05, 4.69) is 10.6 Å². The number of nitrogens with zero attached hydrogens (tertiary/aromatic N) is 3. The number of ether oxygens (including phenoxy) is 2. The van der Waals surface area contributed by atoms with Gasteiger partial charge >= 0.3 is 0 Å². The number of amides is 1. The van der Waals surface area contributed by atoms with Crippen molar-refractivity contribution in [3.8, 4) is 11.5 Å². The van der Waals surface area contributed by atoms with Crippen LogP contribution in [0.1, 0.15) is 44.5 Å². The average Bonchev–Trinajstić information content (AvgIpc) is 3.38. The van der Waals surface area contributed by atoms with Gasteiger partial charge in [0.25, 0.3) is 0 Å². The maximum absolute atomic E-state index is 12.1. The first kappa shape index (κ1) is 20.3. The highest BCUT2D eigenvalue weighted by atomic mass is 16.5. The topological polar surface area (TPSA) is 56.6 Å². The normalized spacial score (nSPS) is 16.2. The number of rotatable bonds is 8. The van der Waals surface area contributed by atoms with E-state index in [4.69, 9.17) is 14.5 Å². The molecule has 1 aliphatic rings. The molecule has 3 aromatic rings. The molecule has 30 heavy (non-hydrogen) atoms. The van der Waals surface area contributed by atoms with Crippen molar-refractivity contribution in [3.63, 3.8) is 0 Å². The zero-order valence-corrected chi connectivity index (χ0v) is 17.7. The molecule has 1 fully saturated rings. The lowest BCUT2D eigenvalue weighted by molar-refractivity contribution is -0.129. The largest absolute Gasteiger partial charge is 0.493 e. The predicted octanol–water partition coefficient (Wildman–Crippen LogP) is 4.59. The summed E-state index contributed by atoms with van der Waals surface area (Å²) in [5.74, 6) is 2.67. The van der Waals surface area contributed by atoms with Crippen LogP contribution in [0, 0.1) is 0 Å². The van der Waals surface area contributed by atoms with Crippen molar-refractivity contribution >= 4 is 16.9 Å². The van der Waals surface area contributed by atoms with E-state index in [1.54, 1.807) is 14.0 Å². The number of aryl methyl sites for hydroxylation is 1. The third kappa shape index (κ3) is 4.13. The fraction of sp³-hybridized carbons (Fsp3) is 0.417. The number of aromatic nitrogens is 2. The molecule has 158 valence electrons. The molecule has 1 atom stereocenters. The van der Waals surface area contributed by atoms with Crippen molar-refractivity contribution in [1.82, 2.24) is 14.5 Å². The zero-order valence-electron chi connectivity index (χ0n) is 17.7. The van der Waals surface area contributed by atoms with Gasteiger partial charge in [0.15, 0.2) is 11.5 Å². The van der Waals surface area contributed by atoms with Gasteiger partial charge in [-0.25, -0.2) is 4.98 Å². The summed E-state index contributed by atoms with van der Waals surface area (Å²) >= 11 is 0. The number of hydrogen-bond donors (Lipinski definition) is 0. The number of carbonyl (C=O) groups excluding carboxylic acids is 1. The summed E-state index contributed by atoms with van der Waals surface area (Å²) in [6, 6.07) is 16.0. The van der Waals surface area contributed by atoms with Gasteiger partial charge in [0.1, 0.15) is 5.82 Å². The second kappa shape index (κ2) is 9.20. The van der Waals surface area contributed by atoms with Crippen LogP contribution in [0.2, 0.25) is 0 Å². The Kier molecular flexibility index (Phi) is 6.21. The van der Waals surface area contributed by atoms with Crippen molar-refractivity contribution < 1.29 is 14.3 Å². The molecule has 1 amide bonds. The lowest BCUT2D eigenvalue weighted by Crippen LogP contribution is -2.30.